The van der Waals surface area contributed by atoms with Gasteiger partial charge >= 0.3 is 0 Å². The lowest BCUT2D eigenvalue weighted by molar-refractivity contribution is -0.116. The van der Waals surface area contributed by atoms with Crippen LogP contribution in [0.3, 0.4) is 0 Å². The van der Waals surface area contributed by atoms with Crippen molar-refractivity contribution in [3.05, 3.63) is 57.6 Å². The summed E-state index contributed by atoms with van der Waals surface area (Å²) in [6.07, 6.45) is 0.994. The molecule has 23 heavy (non-hydrogen) atoms. The zero-order valence-corrected chi connectivity index (χ0v) is 14.7. The molecule has 0 bridgehead atoms. The fourth-order valence-corrected chi connectivity index (χ4v) is 2.64. The number of rotatable bonds is 6. The fraction of sp³-hybridized carbons (Fsp3) is 0.278. The third-order valence-corrected chi connectivity index (χ3v) is 3.89. The van der Waals surface area contributed by atoms with E-state index in [1.807, 2.05) is 26.0 Å². The van der Waals surface area contributed by atoms with Crippen LogP contribution >= 0.6 is 23.2 Å². The topological polar surface area (TPSA) is 38.3 Å². The normalized spacial score (nSPS) is 10.4. The van der Waals surface area contributed by atoms with Crippen LogP contribution in [0.1, 0.15) is 24.0 Å². The molecule has 1 amide bonds. The highest BCUT2D eigenvalue weighted by Gasteiger charge is 2.07. The van der Waals surface area contributed by atoms with Crippen LogP contribution in [0.5, 0.6) is 5.75 Å². The van der Waals surface area contributed by atoms with Crippen LogP contribution < -0.4 is 10.1 Å². The van der Waals surface area contributed by atoms with Crippen LogP contribution in [0.15, 0.2) is 36.4 Å². The van der Waals surface area contributed by atoms with Gasteiger partial charge in [0.1, 0.15) is 5.75 Å². The Morgan fingerprint density at radius 1 is 1.13 bits per heavy atom. The van der Waals surface area contributed by atoms with E-state index < -0.39 is 0 Å². The minimum absolute atomic E-state index is 0.0987. The van der Waals surface area contributed by atoms with E-state index in [4.69, 9.17) is 27.9 Å². The van der Waals surface area contributed by atoms with Crippen LogP contribution in [-0.4, -0.2) is 12.5 Å². The van der Waals surface area contributed by atoms with Crippen molar-refractivity contribution in [2.45, 2.75) is 26.7 Å². The van der Waals surface area contributed by atoms with Crippen molar-refractivity contribution in [3.63, 3.8) is 0 Å². The van der Waals surface area contributed by atoms with Gasteiger partial charge in [0.25, 0.3) is 0 Å². The van der Waals surface area contributed by atoms with Crippen molar-refractivity contribution in [1.29, 1.82) is 0 Å². The summed E-state index contributed by atoms with van der Waals surface area (Å²) in [5, 5.41) is 3.73. The standard InChI is InChI=1S/C18H19Cl2NO2/c1-12-5-8-17(13(2)10-12)23-9-3-4-18(22)21-16-7-6-14(19)11-15(16)20/h5-8,10-11H,3-4,9H2,1-2H3,(H,21,22). The van der Waals surface area contributed by atoms with Crippen molar-refractivity contribution in [2.24, 2.45) is 0 Å². The molecule has 0 aromatic heterocycles. The highest BCUT2D eigenvalue weighted by atomic mass is 35.5. The van der Waals surface area contributed by atoms with E-state index in [2.05, 4.69) is 11.4 Å². The van der Waals surface area contributed by atoms with Gasteiger partial charge in [-0.05, 0) is 50.1 Å². The van der Waals surface area contributed by atoms with Gasteiger partial charge in [-0.2, -0.15) is 0 Å². The molecule has 0 fully saturated rings. The summed E-state index contributed by atoms with van der Waals surface area (Å²) >= 11 is 11.8. The number of carbonyl (C=O) groups excluding carboxylic acids is 1. The summed E-state index contributed by atoms with van der Waals surface area (Å²) in [5.74, 6) is 0.759. The van der Waals surface area contributed by atoms with Crippen molar-refractivity contribution < 1.29 is 9.53 Å². The van der Waals surface area contributed by atoms with Gasteiger partial charge in [0, 0.05) is 11.4 Å². The molecule has 0 radical (unpaired) electrons. The average molecular weight is 352 g/mol. The molecule has 3 nitrogen and oxygen atoms in total. The number of benzene rings is 2. The molecule has 0 saturated carbocycles. The van der Waals surface area contributed by atoms with E-state index in [0.717, 1.165) is 11.3 Å². The number of halogens is 2. The molecule has 0 aliphatic rings. The Labute approximate surface area is 146 Å². The molecule has 5 heteroatoms. The molecule has 0 aliphatic carbocycles. The van der Waals surface area contributed by atoms with Crippen molar-refractivity contribution >= 4 is 34.8 Å². The van der Waals surface area contributed by atoms with Crippen LogP contribution in [0, 0.1) is 13.8 Å². The average Bonchev–Trinajstić information content (AvgIpc) is 2.48. The number of anilines is 1. The van der Waals surface area contributed by atoms with Gasteiger partial charge in [-0.15, -0.1) is 0 Å². The summed E-state index contributed by atoms with van der Waals surface area (Å²) in [6.45, 7) is 4.55. The highest BCUT2D eigenvalue weighted by molar-refractivity contribution is 6.36. The molecule has 0 atom stereocenters. The molecule has 1 N–H and O–H groups in total. The van der Waals surface area contributed by atoms with E-state index in [1.54, 1.807) is 18.2 Å². The first-order chi connectivity index (χ1) is 11.0. The first-order valence-corrected chi connectivity index (χ1v) is 8.16. The van der Waals surface area contributed by atoms with E-state index >= 15 is 0 Å². The van der Waals surface area contributed by atoms with Crippen LogP contribution in [0.25, 0.3) is 0 Å². The number of amides is 1. The van der Waals surface area contributed by atoms with Crippen LogP contribution in [-0.2, 0) is 4.79 Å². The maximum atomic E-state index is 11.9. The quantitative estimate of drug-likeness (QED) is 0.706. The Morgan fingerprint density at radius 2 is 1.91 bits per heavy atom. The summed E-state index contributed by atoms with van der Waals surface area (Å²) in [4.78, 5) is 11.9. The van der Waals surface area contributed by atoms with Crippen molar-refractivity contribution in [1.82, 2.24) is 0 Å². The monoisotopic (exact) mass is 351 g/mol. The predicted octanol–water partition coefficient (Wildman–Crippen LogP) is 5.41. The zero-order chi connectivity index (χ0) is 16.8. The first kappa shape index (κ1) is 17.6. The number of hydrogen-bond donors (Lipinski definition) is 1. The van der Waals surface area contributed by atoms with Gasteiger partial charge in [-0.3, -0.25) is 4.79 Å². The second kappa shape index (κ2) is 8.23. The summed E-state index contributed by atoms with van der Waals surface area (Å²) in [6, 6.07) is 11.0. The molecule has 0 unspecified atom stereocenters. The minimum atomic E-state index is -0.0987. The molecular weight excluding hydrogens is 333 g/mol. The molecule has 2 aromatic rings. The lowest BCUT2D eigenvalue weighted by Crippen LogP contribution is -2.13. The predicted molar refractivity (Wildman–Crippen MR) is 95.7 cm³/mol. The molecule has 0 aliphatic heterocycles. The Kier molecular flexibility index (Phi) is 6.31. The SMILES string of the molecule is Cc1ccc(OCCCC(=O)Nc2ccc(Cl)cc2Cl)c(C)c1. The molecule has 122 valence electrons. The Bertz CT molecular complexity index is 701. The van der Waals surface area contributed by atoms with Crippen molar-refractivity contribution in [2.75, 3.05) is 11.9 Å². The molecule has 2 rings (SSSR count). The summed E-state index contributed by atoms with van der Waals surface area (Å²) in [7, 11) is 0. The highest BCUT2D eigenvalue weighted by Crippen LogP contribution is 2.25. The van der Waals surface area contributed by atoms with Crippen LogP contribution in [0.2, 0.25) is 10.0 Å². The maximum Gasteiger partial charge on any atom is 0.224 e. The minimum Gasteiger partial charge on any atom is -0.493 e. The molecule has 0 spiro atoms. The summed E-state index contributed by atoms with van der Waals surface area (Å²) < 4.78 is 5.71. The third kappa shape index (κ3) is 5.45. The summed E-state index contributed by atoms with van der Waals surface area (Å²) in [5.41, 5.74) is 2.87. The van der Waals surface area contributed by atoms with Gasteiger partial charge in [0.15, 0.2) is 0 Å². The van der Waals surface area contributed by atoms with Gasteiger partial charge in [0.2, 0.25) is 5.91 Å². The maximum absolute atomic E-state index is 11.9. The number of nitrogens with one attached hydrogen (secondary N) is 1. The molecular formula is C18H19Cl2NO2. The number of carbonyl (C=O) groups is 1. The van der Waals surface area contributed by atoms with Gasteiger partial charge in [-0.25, -0.2) is 0 Å². The van der Waals surface area contributed by atoms with E-state index in [-0.39, 0.29) is 5.91 Å². The van der Waals surface area contributed by atoms with Crippen molar-refractivity contribution in [3.8, 4) is 5.75 Å². The Balaban J connectivity index is 1.76. The first-order valence-electron chi connectivity index (χ1n) is 7.40. The van der Waals surface area contributed by atoms with Crippen LogP contribution in [0.4, 0.5) is 5.69 Å². The van der Waals surface area contributed by atoms with E-state index in [1.165, 1.54) is 5.56 Å². The third-order valence-electron chi connectivity index (χ3n) is 3.34. The second-order valence-electron chi connectivity index (χ2n) is 5.39. The Morgan fingerprint density at radius 3 is 2.61 bits per heavy atom. The molecule has 0 saturated heterocycles. The largest absolute Gasteiger partial charge is 0.493 e. The molecule has 2 aromatic carbocycles. The Hall–Kier alpha value is -1.71. The lowest BCUT2D eigenvalue weighted by atomic mass is 10.1. The van der Waals surface area contributed by atoms with Gasteiger partial charge in [-0.1, -0.05) is 40.9 Å². The fourth-order valence-electron chi connectivity index (χ4n) is 2.18. The second-order valence-corrected chi connectivity index (χ2v) is 6.24. The number of ether oxygens (including phenoxy) is 1. The van der Waals surface area contributed by atoms with E-state index in [0.29, 0.717) is 35.2 Å². The van der Waals surface area contributed by atoms with Gasteiger partial charge < -0.3 is 10.1 Å². The van der Waals surface area contributed by atoms with Gasteiger partial charge in [0.05, 0.1) is 17.3 Å². The number of hydrogen-bond acceptors (Lipinski definition) is 2. The molecule has 0 heterocycles. The number of aryl methyl sites for hydroxylation is 2. The lowest BCUT2D eigenvalue weighted by Gasteiger charge is -2.10. The van der Waals surface area contributed by atoms with E-state index in [9.17, 15) is 4.79 Å². The zero-order valence-electron chi connectivity index (χ0n) is 13.2. The smallest absolute Gasteiger partial charge is 0.224 e.